The molecule has 0 aliphatic heterocycles. The van der Waals surface area contributed by atoms with Gasteiger partial charge in [-0.05, 0) is 62.2 Å². The predicted molar refractivity (Wildman–Crippen MR) is 150 cm³/mol. The number of carbonyl (C=O) groups is 3. The number of aliphatic hydroxyl groups is 3. The fourth-order valence-electron chi connectivity index (χ4n) is 6.75. The van der Waals surface area contributed by atoms with Gasteiger partial charge in [-0.15, -0.1) is 0 Å². The molecule has 240 valence electrons. The molecule has 0 saturated heterocycles. The summed E-state index contributed by atoms with van der Waals surface area (Å²) < 4.78 is 51.8. The van der Waals surface area contributed by atoms with Crippen LogP contribution < -0.4 is 11.1 Å². The van der Waals surface area contributed by atoms with Crippen molar-refractivity contribution in [1.29, 1.82) is 0 Å². The van der Waals surface area contributed by atoms with Gasteiger partial charge in [0, 0.05) is 41.9 Å². The number of ketones is 2. The van der Waals surface area contributed by atoms with E-state index < -0.39 is 88.9 Å². The topological polar surface area (TPSA) is 186 Å². The van der Waals surface area contributed by atoms with Crippen molar-refractivity contribution in [3.63, 3.8) is 0 Å². The number of nitrogens with one attached hydrogen (secondary N) is 1. The first kappa shape index (κ1) is 32.1. The summed E-state index contributed by atoms with van der Waals surface area (Å²) in [5.74, 6) is -8.95. The van der Waals surface area contributed by atoms with Crippen molar-refractivity contribution < 1.29 is 52.4 Å². The lowest BCUT2D eigenvalue weighted by atomic mass is 9.57. The van der Waals surface area contributed by atoms with Gasteiger partial charge in [0.15, 0.2) is 11.4 Å². The summed E-state index contributed by atoms with van der Waals surface area (Å²) in [7, 11) is 2.96. The quantitative estimate of drug-likeness (QED) is 0.114. The maximum Gasteiger partial charge on any atom is 0.390 e. The minimum Gasteiger partial charge on any atom is -0.508 e. The fourth-order valence-corrected chi connectivity index (χ4v) is 6.75. The third kappa shape index (κ3) is 5.23. The lowest BCUT2D eigenvalue weighted by Crippen LogP contribution is -2.65. The van der Waals surface area contributed by atoms with E-state index >= 15 is 0 Å². The Labute approximate surface area is 253 Å². The summed E-state index contributed by atoms with van der Waals surface area (Å²) in [5.41, 5.74) is 1.94. The number of carbonyl (C=O) groups excluding carboxylic acids is 3. The van der Waals surface area contributed by atoms with E-state index in [9.17, 15) is 52.4 Å². The van der Waals surface area contributed by atoms with Crippen LogP contribution in [0.5, 0.6) is 5.75 Å². The minimum absolute atomic E-state index is 0.0374. The number of hydrogen-bond acceptors (Lipinski definition) is 10. The summed E-state index contributed by atoms with van der Waals surface area (Å²) in [4.78, 5) is 44.6. The SMILES string of the molecule is CN(C)[C@@H]1C(=O)C(C(N)=O)=C(O)[C@@]2(O)C(=O)C3=C(O)c4c(O)c(CNCCC(F)(F)F)cc(-c5ccc(F)nc5)c4CC3CC12. The van der Waals surface area contributed by atoms with Gasteiger partial charge in [-0.2, -0.15) is 17.6 Å². The normalized spacial score (nSPS) is 24.9. The molecule has 4 atom stereocenters. The number of alkyl halides is 3. The Morgan fingerprint density at radius 1 is 1.20 bits per heavy atom. The smallest absolute Gasteiger partial charge is 0.390 e. The van der Waals surface area contributed by atoms with E-state index in [0.717, 1.165) is 6.07 Å². The third-order valence-corrected chi connectivity index (χ3v) is 8.74. The number of nitrogens with zero attached hydrogens (tertiary/aromatic N) is 2. The van der Waals surface area contributed by atoms with Gasteiger partial charge in [0.1, 0.15) is 22.8 Å². The van der Waals surface area contributed by atoms with E-state index in [1.54, 1.807) is 0 Å². The maximum atomic E-state index is 14.1. The second kappa shape index (κ2) is 11.2. The molecule has 0 spiro atoms. The highest BCUT2D eigenvalue weighted by molar-refractivity contribution is 6.24. The van der Waals surface area contributed by atoms with Gasteiger partial charge in [0.25, 0.3) is 5.91 Å². The monoisotopic (exact) mass is 634 g/mol. The molecule has 1 saturated carbocycles. The number of aliphatic hydroxyl groups excluding tert-OH is 2. The second-order valence-corrected chi connectivity index (χ2v) is 11.7. The molecule has 1 amide bonds. The van der Waals surface area contributed by atoms with Gasteiger partial charge in [0.2, 0.25) is 11.7 Å². The molecule has 2 unspecified atom stereocenters. The zero-order chi connectivity index (χ0) is 33.2. The molecular formula is C30H30F4N4O7. The van der Waals surface area contributed by atoms with Crippen LogP contribution in [0, 0.1) is 17.8 Å². The number of benzene rings is 1. The molecule has 15 heteroatoms. The first-order chi connectivity index (χ1) is 21.0. The van der Waals surface area contributed by atoms with E-state index in [-0.39, 0.29) is 36.1 Å². The first-order valence-electron chi connectivity index (χ1n) is 13.9. The predicted octanol–water partition coefficient (Wildman–Crippen LogP) is 2.21. The number of nitrogens with two attached hydrogens (primary N) is 1. The van der Waals surface area contributed by atoms with Crippen LogP contribution in [-0.2, 0) is 27.3 Å². The van der Waals surface area contributed by atoms with Crippen LogP contribution in [0.3, 0.4) is 0 Å². The highest BCUT2D eigenvalue weighted by Gasteiger charge is 2.64. The number of amides is 1. The van der Waals surface area contributed by atoms with Crippen LogP contribution in [0.4, 0.5) is 17.6 Å². The Hall–Kier alpha value is -4.34. The molecule has 2 aromatic rings. The molecule has 3 aliphatic rings. The molecule has 1 aromatic heterocycles. The number of pyridine rings is 1. The number of fused-ring (bicyclic) bond motifs is 3. The van der Waals surface area contributed by atoms with Crippen molar-refractivity contribution in [3.8, 4) is 16.9 Å². The highest BCUT2D eigenvalue weighted by Crippen LogP contribution is 2.54. The van der Waals surface area contributed by atoms with Gasteiger partial charge in [-0.3, -0.25) is 19.3 Å². The van der Waals surface area contributed by atoms with Gasteiger partial charge in [-0.25, -0.2) is 4.98 Å². The van der Waals surface area contributed by atoms with Gasteiger partial charge in [0.05, 0.1) is 18.0 Å². The molecule has 45 heavy (non-hydrogen) atoms. The second-order valence-electron chi connectivity index (χ2n) is 11.7. The average molecular weight is 635 g/mol. The summed E-state index contributed by atoms with van der Waals surface area (Å²) in [5, 5.41) is 48.2. The number of hydrogen-bond donors (Lipinski definition) is 6. The lowest BCUT2D eigenvalue weighted by Gasteiger charge is -2.50. The van der Waals surface area contributed by atoms with Crippen LogP contribution in [0.15, 0.2) is 41.3 Å². The molecule has 7 N–H and O–H groups in total. The van der Waals surface area contributed by atoms with Crippen molar-refractivity contribution in [2.24, 2.45) is 17.6 Å². The Balaban J connectivity index is 1.69. The van der Waals surface area contributed by atoms with Crippen LogP contribution in [0.25, 0.3) is 16.9 Å². The Morgan fingerprint density at radius 2 is 1.89 bits per heavy atom. The van der Waals surface area contributed by atoms with E-state index in [1.807, 2.05) is 0 Å². The fraction of sp³-hybridized carbons (Fsp3) is 0.400. The Bertz CT molecular complexity index is 1670. The number of Topliss-reactive ketones (excluding diaryl/α,β-unsaturated/α-hetero) is 2. The largest absolute Gasteiger partial charge is 0.508 e. The number of aromatic hydroxyl groups is 1. The minimum atomic E-state index is -4.43. The molecule has 3 aliphatic carbocycles. The number of phenolic OH excluding ortho intramolecular Hbond substituents is 1. The molecule has 1 fully saturated rings. The number of likely N-dealkylation sites (N-methyl/N-ethyl adjacent to an activating group) is 1. The van der Waals surface area contributed by atoms with Crippen LogP contribution in [0.1, 0.15) is 29.5 Å². The highest BCUT2D eigenvalue weighted by atomic mass is 19.4. The Kier molecular flexibility index (Phi) is 8.00. The van der Waals surface area contributed by atoms with Gasteiger partial charge in [-0.1, -0.05) is 0 Å². The molecule has 11 nitrogen and oxygen atoms in total. The first-order valence-corrected chi connectivity index (χ1v) is 13.9. The molecule has 5 rings (SSSR count). The average Bonchev–Trinajstić information content (AvgIpc) is 2.93. The molecule has 1 heterocycles. The lowest BCUT2D eigenvalue weighted by molar-refractivity contribution is -0.153. The van der Waals surface area contributed by atoms with E-state index in [0.29, 0.717) is 16.7 Å². The summed E-state index contributed by atoms with van der Waals surface area (Å²) in [6.07, 6.45) is -4.58. The van der Waals surface area contributed by atoms with Gasteiger partial charge < -0.3 is 31.5 Å². The summed E-state index contributed by atoms with van der Waals surface area (Å²) in [6.45, 7) is -0.782. The standard InChI is InChI=1S/C30H30F4N4O7/c1-38(2)22-17-9-13-7-16-15(12-3-4-18(31)37-11-12)8-14(10-36-6-5-29(32,33)34)23(39)20(16)24(40)19(13)26(42)30(17,45)27(43)21(25(22)41)28(35)44/h3-4,8,11,13,17,22,36,39-40,43,45H,5-7,9-10H2,1-2H3,(H2,35,44)/t13?,17?,22-,30-/m0/s1. The molecule has 0 bridgehead atoms. The number of rotatable bonds is 7. The Morgan fingerprint density at radius 3 is 2.47 bits per heavy atom. The van der Waals surface area contributed by atoms with Crippen LogP contribution >= 0.6 is 0 Å². The van der Waals surface area contributed by atoms with Crippen molar-refractivity contribution in [2.75, 3.05) is 20.6 Å². The van der Waals surface area contributed by atoms with Crippen molar-refractivity contribution in [3.05, 3.63) is 63.9 Å². The number of halogens is 4. The summed E-state index contributed by atoms with van der Waals surface area (Å²) >= 11 is 0. The van der Waals surface area contributed by atoms with Gasteiger partial charge >= 0.3 is 6.18 Å². The zero-order valence-corrected chi connectivity index (χ0v) is 24.1. The summed E-state index contributed by atoms with van der Waals surface area (Å²) in [6, 6.07) is 2.66. The number of primary amides is 1. The van der Waals surface area contributed by atoms with Crippen molar-refractivity contribution in [2.45, 2.75) is 43.6 Å². The van der Waals surface area contributed by atoms with E-state index in [1.165, 1.54) is 37.3 Å². The van der Waals surface area contributed by atoms with Crippen LogP contribution in [-0.4, -0.2) is 86.2 Å². The van der Waals surface area contributed by atoms with Crippen molar-refractivity contribution in [1.82, 2.24) is 15.2 Å². The van der Waals surface area contributed by atoms with Crippen LogP contribution in [0.2, 0.25) is 0 Å². The maximum absolute atomic E-state index is 14.1. The zero-order valence-electron chi connectivity index (χ0n) is 24.1. The molecule has 1 aromatic carbocycles. The number of phenols is 1. The number of aromatic nitrogens is 1. The van der Waals surface area contributed by atoms with E-state index in [2.05, 4.69) is 10.3 Å². The third-order valence-electron chi connectivity index (χ3n) is 8.74. The van der Waals surface area contributed by atoms with E-state index in [4.69, 9.17) is 5.73 Å². The molecular weight excluding hydrogens is 604 g/mol. The van der Waals surface area contributed by atoms with Crippen molar-refractivity contribution >= 4 is 23.2 Å². The molecule has 0 radical (unpaired) electrons.